The van der Waals surface area contributed by atoms with Crippen molar-refractivity contribution in [2.75, 3.05) is 11.9 Å². The summed E-state index contributed by atoms with van der Waals surface area (Å²) in [5, 5.41) is 14.7. The molecule has 0 bridgehead atoms. The zero-order valence-corrected chi connectivity index (χ0v) is 10.9. The van der Waals surface area contributed by atoms with Gasteiger partial charge in [0.25, 0.3) is 0 Å². The maximum absolute atomic E-state index is 5.59. The molecular weight excluding hydrogens is 232 g/mol. The summed E-state index contributed by atoms with van der Waals surface area (Å²) in [6, 6.07) is 1.14. The van der Waals surface area contributed by atoms with E-state index in [1.807, 2.05) is 0 Å². The van der Waals surface area contributed by atoms with E-state index in [1.165, 1.54) is 12.8 Å². The van der Waals surface area contributed by atoms with Gasteiger partial charge in [-0.1, -0.05) is 5.10 Å². The lowest BCUT2D eigenvalue weighted by Gasteiger charge is -2.27. The van der Waals surface area contributed by atoms with Gasteiger partial charge < -0.3 is 19.8 Å². The van der Waals surface area contributed by atoms with E-state index < -0.39 is 0 Å². The predicted octanol–water partition coefficient (Wildman–Crippen LogP) is 1.30. The van der Waals surface area contributed by atoms with Crippen molar-refractivity contribution in [3.8, 4) is 0 Å². The van der Waals surface area contributed by atoms with Gasteiger partial charge >= 0.3 is 6.01 Å². The van der Waals surface area contributed by atoms with Crippen LogP contribution in [0.15, 0.2) is 4.42 Å². The quantitative estimate of drug-likeness (QED) is 0.823. The summed E-state index contributed by atoms with van der Waals surface area (Å²) >= 11 is 0. The van der Waals surface area contributed by atoms with Crippen LogP contribution in [0.2, 0.25) is 0 Å². The first kappa shape index (κ1) is 11.9. The Hall–Kier alpha value is -1.14. The fraction of sp³-hybridized carbons (Fsp3) is 0.833. The van der Waals surface area contributed by atoms with Crippen molar-refractivity contribution in [2.24, 2.45) is 0 Å². The lowest BCUT2D eigenvalue weighted by Crippen LogP contribution is -2.41. The minimum Gasteiger partial charge on any atom is -0.407 e. The highest BCUT2D eigenvalue weighted by molar-refractivity contribution is 5.25. The third-order valence-corrected chi connectivity index (χ3v) is 3.87. The highest BCUT2D eigenvalue weighted by Crippen LogP contribution is 2.29. The largest absolute Gasteiger partial charge is 0.407 e. The highest BCUT2D eigenvalue weighted by Gasteiger charge is 2.38. The summed E-state index contributed by atoms with van der Waals surface area (Å²) in [6.45, 7) is 5.61. The zero-order chi connectivity index (χ0) is 12.6. The number of nitrogens with zero attached hydrogens (tertiary/aromatic N) is 2. The monoisotopic (exact) mass is 252 g/mol. The molecule has 1 saturated heterocycles. The molecule has 1 aromatic rings. The first-order valence-electron chi connectivity index (χ1n) is 6.61. The Morgan fingerprint density at radius 2 is 2.22 bits per heavy atom. The van der Waals surface area contributed by atoms with E-state index >= 15 is 0 Å². The van der Waals surface area contributed by atoms with Crippen LogP contribution < -0.4 is 10.6 Å². The van der Waals surface area contributed by atoms with E-state index in [2.05, 4.69) is 34.7 Å². The Balaban J connectivity index is 1.58. The molecule has 6 nitrogen and oxygen atoms in total. The third-order valence-electron chi connectivity index (χ3n) is 3.87. The van der Waals surface area contributed by atoms with Gasteiger partial charge in [0.15, 0.2) is 0 Å². The van der Waals surface area contributed by atoms with Crippen LogP contribution in [0.25, 0.3) is 0 Å². The second-order valence-corrected chi connectivity index (χ2v) is 5.46. The number of nitrogens with one attached hydrogen (secondary N) is 2. The maximum atomic E-state index is 5.59. The van der Waals surface area contributed by atoms with Crippen LogP contribution in [-0.2, 0) is 11.3 Å². The average molecular weight is 252 g/mol. The lowest BCUT2D eigenvalue weighted by atomic mass is 9.95. The van der Waals surface area contributed by atoms with Crippen molar-refractivity contribution < 1.29 is 9.15 Å². The van der Waals surface area contributed by atoms with Crippen LogP contribution in [-0.4, -0.2) is 34.5 Å². The van der Waals surface area contributed by atoms with E-state index in [4.69, 9.17) is 9.15 Å². The predicted molar refractivity (Wildman–Crippen MR) is 66.2 cm³/mol. The van der Waals surface area contributed by atoms with Crippen LogP contribution in [0.4, 0.5) is 6.01 Å². The second kappa shape index (κ2) is 4.51. The van der Waals surface area contributed by atoms with E-state index in [0.717, 1.165) is 13.0 Å². The number of rotatable bonds is 5. The van der Waals surface area contributed by atoms with Crippen molar-refractivity contribution in [1.82, 2.24) is 15.5 Å². The Labute approximate surface area is 106 Å². The van der Waals surface area contributed by atoms with Crippen LogP contribution in [0.5, 0.6) is 0 Å². The number of hydrogen-bond donors (Lipinski definition) is 2. The van der Waals surface area contributed by atoms with Gasteiger partial charge in [0, 0.05) is 12.6 Å². The molecule has 6 heteroatoms. The number of aromatic nitrogens is 2. The van der Waals surface area contributed by atoms with Crippen LogP contribution >= 0.6 is 0 Å². The molecule has 2 aliphatic rings. The van der Waals surface area contributed by atoms with Gasteiger partial charge in [-0.05, 0) is 33.1 Å². The summed E-state index contributed by atoms with van der Waals surface area (Å²) in [6.07, 6.45) is 3.61. The lowest BCUT2D eigenvalue weighted by molar-refractivity contribution is 0.104. The molecule has 0 aromatic carbocycles. The molecule has 0 amide bonds. The molecule has 18 heavy (non-hydrogen) atoms. The fourth-order valence-electron chi connectivity index (χ4n) is 2.14. The van der Waals surface area contributed by atoms with E-state index in [9.17, 15) is 0 Å². The minimum atomic E-state index is -0.117. The maximum Gasteiger partial charge on any atom is 0.316 e. The molecule has 2 heterocycles. The SMILES string of the molecule is CC1OCCC1(C)Nc1nnc(CNC2CC2)o1. The van der Waals surface area contributed by atoms with Gasteiger partial charge in [0.1, 0.15) is 0 Å². The van der Waals surface area contributed by atoms with Crippen LogP contribution in [0, 0.1) is 0 Å². The van der Waals surface area contributed by atoms with Gasteiger partial charge in [-0.2, -0.15) is 0 Å². The number of hydrogen-bond acceptors (Lipinski definition) is 6. The zero-order valence-electron chi connectivity index (χ0n) is 10.9. The molecule has 3 rings (SSSR count). The van der Waals surface area contributed by atoms with Crippen molar-refractivity contribution in [3.63, 3.8) is 0 Å². The van der Waals surface area contributed by atoms with E-state index in [0.29, 0.717) is 24.5 Å². The normalized spacial score (nSPS) is 31.8. The molecule has 2 unspecified atom stereocenters. The fourth-order valence-corrected chi connectivity index (χ4v) is 2.14. The molecular formula is C12H20N4O2. The molecule has 100 valence electrons. The first-order valence-corrected chi connectivity index (χ1v) is 6.61. The van der Waals surface area contributed by atoms with Gasteiger partial charge in [0.2, 0.25) is 5.89 Å². The summed E-state index contributed by atoms with van der Waals surface area (Å²) < 4.78 is 11.2. The van der Waals surface area contributed by atoms with Crippen molar-refractivity contribution in [1.29, 1.82) is 0 Å². The topological polar surface area (TPSA) is 72.2 Å². The molecule has 2 fully saturated rings. The van der Waals surface area contributed by atoms with Gasteiger partial charge in [-0.3, -0.25) is 0 Å². The third kappa shape index (κ3) is 2.49. The van der Waals surface area contributed by atoms with Gasteiger partial charge in [-0.15, -0.1) is 5.10 Å². The number of ether oxygens (including phenoxy) is 1. The summed E-state index contributed by atoms with van der Waals surface area (Å²) in [5.74, 6) is 0.638. The Morgan fingerprint density at radius 3 is 2.89 bits per heavy atom. The van der Waals surface area contributed by atoms with Gasteiger partial charge in [-0.25, -0.2) is 0 Å². The molecule has 1 aliphatic carbocycles. The van der Waals surface area contributed by atoms with Crippen molar-refractivity contribution >= 4 is 6.01 Å². The minimum absolute atomic E-state index is 0.117. The second-order valence-electron chi connectivity index (χ2n) is 5.46. The Kier molecular flexibility index (Phi) is 2.99. The van der Waals surface area contributed by atoms with Crippen LogP contribution in [0.1, 0.15) is 39.0 Å². The molecule has 0 radical (unpaired) electrons. The highest BCUT2D eigenvalue weighted by atomic mass is 16.5. The smallest absolute Gasteiger partial charge is 0.316 e. The van der Waals surface area contributed by atoms with E-state index in [1.54, 1.807) is 0 Å². The molecule has 1 aliphatic heterocycles. The summed E-state index contributed by atoms with van der Waals surface area (Å²) in [4.78, 5) is 0. The molecule has 1 saturated carbocycles. The van der Waals surface area contributed by atoms with Gasteiger partial charge in [0.05, 0.1) is 18.2 Å². The standard InChI is InChI=1S/C12H20N4O2/c1-8-12(2,5-6-17-8)14-11-16-15-10(18-11)7-13-9-3-4-9/h8-9,13H,3-7H2,1-2H3,(H,14,16). The molecule has 2 N–H and O–H groups in total. The molecule has 2 atom stereocenters. The Bertz CT molecular complexity index is 418. The summed E-state index contributed by atoms with van der Waals surface area (Å²) in [5.41, 5.74) is -0.117. The molecule has 0 spiro atoms. The number of anilines is 1. The van der Waals surface area contributed by atoms with Crippen LogP contribution in [0.3, 0.4) is 0 Å². The molecule has 1 aromatic heterocycles. The van der Waals surface area contributed by atoms with E-state index in [-0.39, 0.29) is 11.6 Å². The Morgan fingerprint density at radius 1 is 1.39 bits per heavy atom. The first-order chi connectivity index (χ1) is 8.66. The van der Waals surface area contributed by atoms with Crippen molar-refractivity contribution in [3.05, 3.63) is 5.89 Å². The summed E-state index contributed by atoms with van der Waals surface area (Å²) in [7, 11) is 0. The van der Waals surface area contributed by atoms with Crippen molar-refractivity contribution in [2.45, 2.75) is 57.3 Å². The average Bonchev–Trinajstić information content (AvgIpc) is 2.98.